The fraction of sp³-hybridized carbons (Fsp3) is 0.375. The van der Waals surface area contributed by atoms with Gasteiger partial charge in [0.05, 0.1) is 6.10 Å². The number of carboxylic acids is 1. The van der Waals surface area contributed by atoms with Crippen molar-refractivity contribution in [2.45, 2.75) is 31.4 Å². The van der Waals surface area contributed by atoms with Crippen LogP contribution in [0.1, 0.15) is 30.4 Å². The van der Waals surface area contributed by atoms with Crippen molar-refractivity contribution < 1.29 is 29.0 Å². The molecule has 1 aliphatic carbocycles. The van der Waals surface area contributed by atoms with E-state index in [-0.39, 0.29) is 31.1 Å². The zero-order valence-electron chi connectivity index (χ0n) is 17.8. The number of ether oxygens (including phenoxy) is 2. The van der Waals surface area contributed by atoms with Gasteiger partial charge in [0, 0.05) is 19.0 Å². The summed E-state index contributed by atoms with van der Waals surface area (Å²) in [6.07, 6.45) is -0.506. The molecule has 1 fully saturated rings. The number of carbonyl (C=O) groups is 3. The van der Waals surface area contributed by atoms with E-state index in [9.17, 15) is 14.4 Å². The molecule has 4 rings (SSSR count). The molecule has 2 aromatic carbocycles. The van der Waals surface area contributed by atoms with Crippen LogP contribution in [0.4, 0.5) is 4.79 Å². The number of nitrogens with one attached hydrogen (secondary N) is 1. The molecule has 2 aromatic rings. The van der Waals surface area contributed by atoms with E-state index in [1.165, 1.54) is 0 Å². The number of rotatable bonds is 8. The van der Waals surface area contributed by atoms with Gasteiger partial charge < -0.3 is 24.8 Å². The van der Waals surface area contributed by atoms with Gasteiger partial charge in [-0.1, -0.05) is 55.5 Å². The summed E-state index contributed by atoms with van der Waals surface area (Å²) >= 11 is 0. The Kier molecular flexibility index (Phi) is 6.41. The molecule has 0 bridgehead atoms. The molecule has 32 heavy (non-hydrogen) atoms. The van der Waals surface area contributed by atoms with Gasteiger partial charge in [0.2, 0.25) is 5.91 Å². The van der Waals surface area contributed by atoms with Gasteiger partial charge in [0.15, 0.2) is 0 Å². The van der Waals surface area contributed by atoms with Crippen molar-refractivity contribution in [3.63, 3.8) is 0 Å². The van der Waals surface area contributed by atoms with E-state index in [1.807, 2.05) is 43.3 Å². The largest absolute Gasteiger partial charge is 0.480 e. The summed E-state index contributed by atoms with van der Waals surface area (Å²) in [6.45, 7) is 2.23. The molecular formula is C24H26N2O6. The van der Waals surface area contributed by atoms with Gasteiger partial charge in [-0.25, -0.2) is 9.59 Å². The van der Waals surface area contributed by atoms with E-state index in [2.05, 4.69) is 17.4 Å². The van der Waals surface area contributed by atoms with E-state index in [1.54, 1.807) is 4.90 Å². The van der Waals surface area contributed by atoms with E-state index >= 15 is 0 Å². The number of likely N-dealkylation sites (tertiary alicyclic amines) is 1. The van der Waals surface area contributed by atoms with Crippen molar-refractivity contribution in [3.05, 3.63) is 59.7 Å². The Morgan fingerprint density at radius 3 is 2.22 bits per heavy atom. The molecule has 8 nitrogen and oxygen atoms in total. The normalized spacial score (nSPS) is 16.0. The second-order valence-electron chi connectivity index (χ2n) is 8.00. The minimum atomic E-state index is -1.04. The zero-order chi connectivity index (χ0) is 22.7. The lowest BCUT2D eigenvalue weighted by molar-refractivity contribution is -0.155. The number of aliphatic carboxylic acids is 1. The average molecular weight is 438 g/mol. The van der Waals surface area contributed by atoms with Crippen LogP contribution in [0.15, 0.2) is 48.5 Å². The molecule has 0 spiro atoms. The van der Waals surface area contributed by atoms with Crippen LogP contribution in [-0.4, -0.2) is 66.4 Å². The standard InChI is InChI=1S/C24H26N2O6/c1-2-21(23(29)26-11-15(12-26)31-14-22(27)28)25-24(30)32-13-20-18-9-5-3-7-16(18)17-8-4-6-10-19(17)20/h3-10,15,20-21H,2,11-14H2,1H3,(H,25,30)(H,27,28). The number of amides is 2. The Bertz CT molecular complexity index is 972. The number of nitrogens with zero attached hydrogens (tertiary/aromatic N) is 1. The van der Waals surface area contributed by atoms with Gasteiger partial charge in [-0.3, -0.25) is 4.79 Å². The summed E-state index contributed by atoms with van der Waals surface area (Å²) < 4.78 is 10.7. The summed E-state index contributed by atoms with van der Waals surface area (Å²) in [7, 11) is 0. The molecule has 2 aliphatic rings. The van der Waals surface area contributed by atoms with Crippen molar-refractivity contribution >= 4 is 18.0 Å². The number of carbonyl (C=O) groups excluding carboxylic acids is 2. The summed E-state index contributed by atoms with van der Waals surface area (Å²) in [5.41, 5.74) is 4.54. The molecule has 1 heterocycles. The third kappa shape index (κ3) is 4.45. The van der Waals surface area contributed by atoms with Gasteiger partial charge in [-0.15, -0.1) is 0 Å². The van der Waals surface area contributed by atoms with Crippen LogP contribution in [0.2, 0.25) is 0 Å². The highest BCUT2D eigenvalue weighted by Gasteiger charge is 2.36. The lowest BCUT2D eigenvalue weighted by Crippen LogP contribution is -2.60. The highest BCUT2D eigenvalue weighted by atomic mass is 16.5. The monoisotopic (exact) mass is 438 g/mol. The molecule has 1 saturated heterocycles. The van der Waals surface area contributed by atoms with Crippen molar-refractivity contribution in [2.75, 3.05) is 26.3 Å². The van der Waals surface area contributed by atoms with E-state index in [0.717, 1.165) is 22.3 Å². The molecule has 0 radical (unpaired) electrons. The Morgan fingerprint density at radius 1 is 1.06 bits per heavy atom. The molecule has 2 N–H and O–H groups in total. The van der Waals surface area contributed by atoms with E-state index in [0.29, 0.717) is 19.5 Å². The Labute approximate surface area is 186 Å². The number of carboxylic acid groups (broad SMARTS) is 1. The molecule has 0 aromatic heterocycles. The maximum absolute atomic E-state index is 12.6. The molecule has 8 heteroatoms. The number of benzene rings is 2. The molecule has 1 unspecified atom stereocenters. The van der Waals surface area contributed by atoms with Crippen molar-refractivity contribution in [2.24, 2.45) is 0 Å². The number of fused-ring (bicyclic) bond motifs is 3. The third-order valence-electron chi connectivity index (χ3n) is 5.94. The molecular weight excluding hydrogens is 412 g/mol. The average Bonchev–Trinajstić information content (AvgIpc) is 3.08. The number of hydrogen-bond donors (Lipinski definition) is 2. The van der Waals surface area contributed by atoms with Crippen LogP contribution < -0.4 is 5.32 Å². The maximum Gasteiger partial charge on any atom is 0.407 e. The minimum Gasteiger partial charge on any atom is -0.480 e. The van der Waals surface area contributed by atoms with Crippen LogP contribution in [-0.2, 0) is 19.1 Å². The summed E-state index contributed by atoms with van der Waals surface area (Å²) in [6, 6.07) is 15.5. The maximum atomic E-state index is 12.6. The topological polar surface area (TPSA) is 105 Å². The summed E-state index contributed by atoms with van der Waals surface area (Å²) in [5, 5.41) is 11.3. The van der Waals surface area contributed by atoms with Crippen LogP contribution in [0.25, 0.3) is 11.1 Å². The second kappa shape index (κ2) is 9.40. The van der Waals surface area contributed by atoms with Gasteiger partial charge in [0.25, 0.3) is 0 Å². The quantitative estimate of drug-likeness (QED) is 0.657. The second-order valence-corrected chi connectivity index (χ2v) is 8.00. The van der Waals surface area contributed by atoms with Gasteiger partial charge in [-0.2, -0.15) is 0 Å². The predicted molar refractivity (Wildman–Crippen MR) is 116 cm³/mol. The number of alkyl carbamates (subject to hydrolysis) is 1. The zero-order valence-corrected chi connectivity index (χ0v) is 17.8. The molecule has 0 saturated carbocycles. The summed E-state index contributed by atoms with van der Waals surface area (Å²) in [4.78, 5) is 37.2. The first kappa shape index (κ1) is 21.8. The van der Waals surface area contributed by atoms with Crippen molar-refractivity contribution in [1.82, 2.24) is 10.2 Å². The fourth-order valence-electron chi connectivity index (χ4n) is 4.25. The van der Waals surface area contributed by atoms with E-state index < -0.39 is 18.1 Å². The molecule has 1 aliphatic heterocycles. The van der Waals surface area contributed by atoms with Crippen LogP contribution in [0.5, 0.6) is 0 Å². The smallest absolute Gasteiger partial charge is 0.407 e. The van der Waals surface area contributed by atoms with Gasteiger partial charge in [-0.05, 0) is 28.7 Å². The molecule has 168 valence electrons. The summed E-state index contributed by atoms with van der Waals surface area (Å²) in [5.74, 6) is -1.32. The molecule has 1 atom stereocenters. The fourth-order valence-corrected chi connectivity index (χ4v) is 4.25. The third-order valence-corrected chi connectivity index (χ3v) is 5.94. The van der Waals surface area contributed by atoms with Crippen LogP contribution in [0.3, 0.4) is 0 Å². The Hall–Kier alpha value is -3.39. The Morgan fingerprint density at radius 2 is 1.66 bits per heavy atom. The SMILES string of the molecule is CCC(NC(=O)OCC1c2ccccc2-c2ccccc21)C(=O)N1CC(OCC(=O)O)C1. The highest BCUT2D eigenvalue weighted by Crippen LogP contribution is 2.44. The lowest BCUT2D eigenvalue weighted by atomic mass is 9.98. The first-order chi connectivity index (χ1) is 15.5. The highest BCUT2D eigenvalue weighted by molar-refractivity contribution is 5.86. The molecule has 2 amide bonds. The lowest BCUT2D eigenvalue weighted by Gasteiger charge is -2.40. The first-order valence-electron chi connectivity index (χ1n) is 10.7. The van der Waals surface area contributed by atoms with E-state index in [4.69, 9.17) is 14.6 Å². The van der Waals surface area contributed by atoms with Crippen LogP contribution >= 0.6 is 0 Å². The van der Waals surface area contributed by atoms with Crippen LogP contribution in [0, 0.1) is 0 Å². The Balaban J connectivity index is 1.31. The van der Waals surface area contributed by atoms with Crippen molar-refractivity contribution in [3.8, 4) is 11.1 Å². The van der Waals surface area contributed by atoms with Gasteiger partial charge in [0.1, 0.15) is 19.3 Å². The van der Waals surface area contributed by atoms with Crippen molar-refractivity contribution in [1.29, 1.82) is 0 Å². The predicted octanol–water partition coefficient (Wildman–Crippen LogP) is 2.62. The first-order valence-corrected chi connectivity index (χ1v) is 10.7. The number of hydrogen-bond acceptors (Lipinski definition) is 5. The van der Waals surface area contributed by atoms with Gasteiger partial charge >= 0.3 is 12.1 Å². The minimum absolute atomic E-state index is 0.0496.